The van der Waals surface area contributed by atoms with E-state index in [4.69, 9.17) is 4.74 Å². The van der Waals surface area contributed by atoms with Gasteiger partial charge in [0.05, 0.1) is 30.6 Å². The van der Waals surface area contributed by atoms with Gasteiger partial charge in [0.25, 0.3) is 0 Å². The summed E-state index contributed by atoms with van der Waals surface area (Å²) in [6.07, 6.45) is 1.66. The van der Waals surface area contributed by atoms with Gasteiger partial charge in [-0.15, -0.1) is 0 Å². The number of aromatic nitrogens is 3. The van der Waals surface area contributed by atoms with E-state index in [9.17, 15) is 4.79 Å². The van der Waals surface area contributed by atoms with E-state index in [-0.39, 0.29) is 18.2 Å². The number of nitrogens with one attached hydrogen (secondary N) is 2. The molecule has 1 aliphatic heterocycles. The number of pyridine rings is 1. The molecule has 0 radical (unpaired) electrons. The molecule has 112 valence electrons. The minimum atomic E-state index is -0.125. The van der Waals surface area contributed by atoms with Crippen molar-refractivity contribution in [2.45, 2.75) is 32.9 Å². The highest BCUT2D eigenvalue weighted by Gasteiger charge is 2.29. The lowest BCUT2D eigenvalue weighted by atomic mass is 10.1. The number of amides is 2. The third kappa shape index (κ3) is 2.56. The van der Waals surface area contributed by atoms with Gasteiger partial charge in [-0.05, 0) is 26.8 Å². The van der Waals surface area contributed by atoms with Crippen LogP contribution in [0.5, 0.6) is 0 Å². The number of hydrogen-bond donors (Lipinski definition) is 2. The highest BCUT2D eigenvalue weighted by molar-refractivity contribution is 5.92. The second-order valence-electron chi connectivity index (χ2n) is 5.38. The molecule has 2 aromatic rings. The molecule has 7 nitrogen and oxygen atoms in total. The summed E-state index contributed by atoms with van der Waals surface area (Å²) >= 11 is 0. The summed E-state index contributed by atoms with van der Waals surface area (Å²) in [6.45, 7) is 7.06. The number of hydrogen-bond acceptors (Lipinski definition) is 4. The molecule has 1 aliphatic rings. The first-order chi connectivity index (χ1) is 10.1. The highest BCUT2D eigenvalue weighted by Crippen LogP contribution is 2.19. The molecule has 0 spiro atoms. The average molecular weight is 289 g/mol. The zero-order valence-corrected chi connectivity index (χ0v) is 12.4. The standard InChI is InChI=1S/C14H19N5O2/c1-8-12-6-11(7-15-13(12)18-17-8)16-14(20)19-4-5-21-10(3)9(19)2/h6-7,9-10H,4-5H2,1-3H3,(H,16,20)(H,15,17,18). The van der Waals surface area contributed by atoms with Crippen LogP contribution >= 0.6 is 0 Å². The smallest absolute Gasteiger partial charge is 0.322 e. The van der Waals surface area contributed by atoms with Crippen molar-refractivity contribution in [2.75, 3.05) is 18.5 Å². The van der Waals surface area contributed by atoms with E-state index in [1.807, 2.05) is 26.8 Å². The van der Waals surface area contributed by atoms with E-state index in [1.165, 1.54) is 0 Å². The first-order valence-corrected chi connectivity index (χ1v) is 7.06. The van der Waals surface area contributed by atoms with Gasteiger partial charge < -0.3 is 15.0 Å². The Balaban J connectivity index is 1.77. The van der Waals surface area contributed by atoms with Crippen LogP contribution in [-0.2, 0) is 4.74 Å². The fourth-order valence-corrected chi connectivity index (χ4v) is 2.50. The molecule has 3 heterocycles. The van der Waals surface area contributed by atoms with Crippen LogP contribution < -0.4 is 5.32 Å². The van der Waals surface area contributed by atoms with Gasteiger partial charge in [0.2, 0.25) is 0 Å². The molecular weight excluding hydrogens is 270 g/mol. The molecule has 2 aromatic heterocycles. The summed E-state index contributed by atoms with van der Waals surface area (Å²) in [6, 6.07) is 1.80. The molecule has 7 heteroatoms. The van der Waals surface area contributed by atoms with Crippen molar-refractivity contribution in [3.05, 3.63) is 18.0 Å². The van der Waals surface area contributed by atoms with Gasteiger partial charge in [0.1, 0.15) is 0 Å². The summed E-state index contributed by atoms with van der Waals surface area (Å²) in [5.41, 5.74) is 2.25. The molecule has 2 N–H and O–H groups in total. The number of carbonyl (C=O) groups is 1. The van der Waals surface area contributed by atoms with Crippen LogP contribution in [0.1, 0.15) is 19.5 Å². The van der Waals surface area contributed by atoms with E-state index in [1.54, 1.807) is 11.1 Å². The fraction of sp³-hybridized carbons (Fsp3) is 0.500. The van der Waals surface area contributed by atoms with E-state index in [0.717, 1.165) is 11.1 Å². The molecule has 2 unspecified atom stereocenters. The number of aromatic amines is 1. The Kier molecular flexibility index (Phi) is 3.50. The monoisotopic (exact) mass is 289 g/mol. The summed E-state index contributed by atoms with van der Waals surface area (Å²) in [4.78, 5) is 18.4. The van der Waals surface area contributed by atoms with Crippen molar-refractivity contribution >= 4 is 22.8 Å². The van der Waals surface area contributed by atoms with Gasteiger partial charge in [-0.3, -0.25) is 5.10 Å². The Morgan fingerprint density at radius 1 is 1.52 bits per heavy atom. The first kappa shape index (κ1) is 13.8. The minimum absolute atomic E-state index is 0.0428. The zero-order chi connectivity index (χ0) is 15.0. The highest BCUT2D eigenvalue weighted by atomic mass is 16.5. The third-order valence-corrected chi connectivity index (χ3v) is 4.00. The number of H-pyrrole nitrogens is 1. The topological polar surface area (TPSA) is 83.1 Å². The van der Waals surface area contributed by atoms with Crippen LogP contribution in [0.2, 0.25) is 0 Å². The van der Waals surface area contributed by atoms with Crippen LogP contribution in [0.25, 0.3) is 11.0 Å². The van der Waals surface area contributed by atoms with E-state index >= 15 is 0 Å². The van der Waals surface area contributed by atoms with Crippen LogP contribution in [-0.4, -0.2) is 51.4 Å². The lowest BCUT2D eigenvalue weighted by Crippen LogP contribution is -2.52. The number of fused-ring (bicyclic) bond motifs is 1. The van der Waals surface area contributed by atoms with Gasteiger partial charge >= 0.3 is 6.03 Å². The summed E-state index contributed by atoms with van der Waals surface area (Å²) in [5.74, 6) is 0. The molecule has 0 saturated carbocycles. The summed E-state index contributed by atoms with van der Waals surface area (Å²) < 4.78 is 5.54. The maximum absolute atomic E-state index is 12.4. The van der Waals surface area contributed by atoms with E-state index < -0.39 is 0 Å². The Hall–Kier alpha value is -2.15. The lowest BCUT2D eigenvalue weighted by Gasteiger charge is -2.37. The van der Waals surface area contributed by atoms with E-state index in [2.05, 4.69) is 20.5 Å². The van der Waals surface area contributed by atoms with Crippen molar-refractivity contribution in [3.8, 4) is 0 Å². The molecule has 2 amide bonds. The quantitative estimate of drug-likeness (QED) is 0.840. The SMILES string of the molecule is Cc1[nH]nc2ncc(NC(=O)N3CCOC(C)C3C)cc12. The second-order valence-corrected chi connectivity index (χ2v) is 5.38. The number of ether oxygens (including phenoxy) is 1. The Morgan fingerprint density at radius 3 is 3.14 bits per heavy atom. The number of nitrogens with zero attached hydrogens (tertiary/aromatic N) is 3. The number of rotatable bonds is 1. The van der Waals surface area contributed by atoms with Gasteiger partial charge in [-0.1, -0.05) is 0 Å². The maximum Gasteiger partial charge on any atom is 0.322 e. The molecule has 3 rings (SSSR count). The first-order valence-electron chi connectivity index (χ1n) is 7.06. The van der Waals surface area contributed by atoms with Crippen molar-refractivity contribution in [1.82, 2.24) is 20.1 Å². The Morgan fingerprint density at radius 2 is 2.33 bits per heavy atom. The Labute approximate surface area is 122 Å². The molecule has 0 aromatic carbocycles. The van der Waals surface area contributed by atoms with Crippen molar-refractivity contribution < 1.29 is 9.53 Å². The van der Waals surface area contributed by atoms with Crippen molar-refractivity contribution in [3.63, 3.8) is 0 Å². The predicted molar refractivity (Wildman–Crippen MR) is 79.2 cm³/mol. The molecule has 0 bridgehead atoms. The summed E-state index contributed by atoms with van der Waals surface area (Å²) in [7, 11) is 0. The molecular formula is C14H19N5O2. The van der Waals surface area contributed by atoms with Crippen LogP contribution in [0.15, 0.2) is 12.3 Å². The minimum Gasteiger partial charge on any atom is -0.375 e. The predicted octanol–water partition coefficient (Wildman–Crippen LogP) is 1.91. The number of anilines is 1. The van der Waals surface area contributed by atoms with Gasteiger partial charge in [-0.25, -0.2) is 9.78 Å². The van der Waals surface area contributed by atoms with Crippen LogP contribution in [0.3, 0.4) is 0 Å². The maximum atomic E-state index is 12.4. The van der Waals surface area contributed by atoms with Gasteiger partial charge in [-0.2, -0.15) is 5.10 Å². The molecule has 2 atom stereocenters. The third-order valence-electron chi connectivity index (χ3n) is 4.00. The zero-order valence-electron chi connectivity index (χ0n) is 12.4. The summed E-state index contributed by atoms with van der Waals surface area (Å²) in [5, 5.41) is 10.8. The number of morpholine rings is 1. The molecule has 0 aliphatic carbocycles. The molecule has 21 heavy (non-hydrogen) atoms. The number of carbonyl (C=O) groups excluding carboxylic acids is 1. The fourth-order valence-electron chi connectivity index (χ4n) is 2.50. The molecule has 1 fully saturated rings. The second kappa shape index (κ2) is 5.33. The van der Waals surface area contributed by atoms with E-state index in [0.29, 0.717) is 24.5 Å². The number of aryl methyl sites for hydroxylation is 1. The lowest BCUT2D eigenvalue weighted by molar-refractivity contribution is -0.0355. The largest absolute Gasteiger partial charge is 0.375 e. The van der Waals surface area contributed by atoms with Gasteiger partial charge in [0.15, 0.2) is 5.65 Å². The van der Waals surface area contributed by atoms with Crippen LogP contribution in [0.4, 0.5) is 10.5 Å². The molecule has 1 saturated heterocycles. The normalized spacial score (nSPS) is 22.5. The van der Waals surface area contributed by atoms with Crippen molar-refractivity contribution in [2.24, 2.45) is 0 Å². The van der Waals surface area contributed by atoms with Crippen LogP contribution in [0, 0.1) is 6.92 Å². The van der Waals surface area contributed by atoms with Crippen molar-refractivity contribution in [1.29, 1.82) is 0 Å². The average Bonchev–Trinajstić information content (AvgIpc) is 2.83. The van der Waals surface area contributed by atoms with Gasteiger partial charge in [0, 0.05) is 17.6 Å². The number of urea groups is 1. The Bertz CT molecular complexity index is 668.